The first-order chi connectivity index (χ1) is 9.25. The van der Waals surface area contributed by atoms with Crippen molar-refractivity contribution in [1.29, 1.82) is 0 Å². The zero-order valence-corrected chi connectivity index (χ0v) is 11.0. The number of aliphatic hydroxyl groups excluding tert-OH is 1. The Morgan fingerprint density at radius 2 is 2.00 bits per heavy atom. The van der Waals surface area contributed by atoms with Crippen molar-refractivity contribution in [2.24, 2.45) is 0 Å². The molecule has 1 heterocycles. The molecule has 2 atom stereocenters. The predicted octanol–water partition coefficient (Wildman–Crippen LogP) is 1.59. The molecule has 1 amide bonds. The van der Waals surface area contributed by atoms with E-state index in [0.29, 0.717) is 5.69 Å². The summed E-state index contributed by atoms with van der Waals surface area (Å²) >= 11 is 0. The van der Waals surface area contributed by atoms with Crippen molar-refractivity contribution in [3.05, 3.63) is 17.0 Å². The molecule has 2 aliphatic carbocycles. The second kappa shape index (κ2) is 5.33. The van der Waals surface area contributed by atoms with Crippen LogP contribution < -0.4 is 5.32 Å². The van der Waals surface area contributed by atoms with E-state index in [1.165, 1.54) is 0 Å². The number of fused-ring (bicyclic) bond motifs is 1. The molecule has 2 unspecified atom stereocenters. The maximum Gasteiger partial charge on any atom is 0.274 e. The maximum atomic E-state index is 12.2. The highest BCUT2D eigenvalue weighted by Gasteiger charge is 2.29. The molecule has 2 aliphatic rings. The fourth-order valence-corrected chi connectivity index (χ4v) is 3.08. The fraction of sp³-hybridized carbons (Fsp3) is 0.714. The van der Waals surface area contributed by atoms with E-state index in [4.69, 9.17) is 4.52 Å². The molecule has 19 heavy (non-hydrogen) atoms. The van der Waals surface area contributed by atoms with Gasteiger partial charge in [-0.1, -0.05) is 18.0 Å². The Morgan fingerprint density at radius 3 is 2.84 bits per heavy atom. The van der Waals surface area contributed by atoms with E-state index in [-0.39, 0.29) is 11.9 Å². The summed E-state index contributed by atoms with van der Waals surface area (Å²) in [5, 5.41) is 16.7. The zero-order chi connectivity index (χ0) is 13.2. The molecular formula is C14H20N2O3. The molecular weight excluding hydrogens is 244 g/mol. The number of carbonyl (C=O) groups is 1. The minimum absolute atomic E-state index is 0.141. The van der Waals surface area contributed by atoms with Gasteiger partial charge >= 0.3 is 0 Å². The minimum atomic E-state index is -0.430. The normalized spacial score (nSPS) is 26.8. The number of aliphatic hydroxyl groups is 1. The van der Waals surface area contributed by atoms with Gasteiger partial charge < -0.3 is 14.9 Å². The van der Waals surface area contributed by atoms with Gasteiger partial charge in [-0.2, -0.15) is 0 Å². The van der Waals surface area contributed by atoms with Crippen LogP contribution in [0.3, 0.4) is 0 Å². The van der Waals surface area contributed by atoms with Gasteiger partial charge in [0, 0.05) is 12.0 Å². The van der Waals surface area contributed by atoms with E-state index >= 15 is 0 Å². The van der Waals surface area contributed by atoms with Crippen molar-refractivity contribution in [3.8, 4) is 0 Å². The smallest absolute Gasteiger partial charge is 0.274 e. The summed E-state index contributed by atoms with van der Waals surface area (Å²) in [5.41, 5.74) is 1.39. The van der Waals surface area contributed by atoms with Gasteiger partial charge in [0.05, 0.1) is 12.1 Å². The quantitative estimate of drug-likeness (QED) is 0.850. The van der Waals surface area contributed by atoms with Crippen LogP contribution in [0.15, 0.2) is 4.52 Å². The minimum Gasteiger partial charge on any atom is -0.391 e. The summed E-state index contributed by atoms with van der Waals surface area (Å²) in [6, 6.07) is -0.141. The first-order valence-electron chi connectivity index (χ1n) is 7.22. The van der Waals surface area contributed by atoms with Crippen LogP contribution in [-0.4, -0.2) is 28.3 Å². The Labute approximate surface area is 112 Å². The van der Waals surface area contributed by atoms with Gasteiger partial charge in [-0.05, 0) is 32.1 Å². The summed E-state index contributed by atoms with van der Waals surface area (Å²) in [5.74, 6) is 0.665. The Morgan fingerprint density at radius 1 is 1.21 bits per heavy atom. The Kier molecular flexibility index (Phi) is 3.55. The van der Waals surface area contributed by atoms with Crippen LogP contribution in [0.25, 0.3) is 0 Å². The van der Waals surface area contributed by atoms with Crippen molar-refractivity contribution in [3.63, 3.8) is 0 Å². The number of nitrogens with zero attached hydrogens (tertiary/aromatic N) is 1. The second-order valence-electron chi connectivity index (χ2n) is 5.57. The zero-order valence-electron chi connectivity index (χ0n) is 11.0. The molecule has 1 fully saturated rings. The van der Waals surface area contributed by atoms with Crippen molar-refractivity contribution in [2.75, 3.05) is 0 Å². The largest absolute Gasteiger partial charge is 0.391 e. The molecule has 1 saturated carbocycles. The summed E-state index contributed by atoms with van der Waals surface area (Å²) in [6.45, 7) is 0. The second-order valence-corrected chi connectivity index (χ2v) is 5.57. The molecule has 0 aromatic carbocycles. The van der Waals surface area contributed by atoms with Gasteiger partial charge in [-0.25, -0.2) is 0 Å². The van der Waals surface area contributed by atoms with Gasteiger partial charge in [-0.3, -0.25) is 4.79 Å². The lowest BCUT2D eigenvalue weighted by Gasteiger charge is -2.28. The highest BCUT2D eigenvalue weighted by molar-refractivity contribution is 5.94. The van der Waals surface area contributed by atoms with Crippen LogP contribution in [-0.2, 0) is 12.8 Å². The SMILES string of the molecule is O=C(NC1CCCCC1O)c1noc2c1CCCC2. The average Bonchev–Trinajstić information content (AvgIpc) is 2.85. The number of hydrogen-bond donors (Lipinski definition) is 2. The van der Waals surface area contributed by atoms with Crippen molar-refractivity contribution < 1.29 is 14.4 Å². The van der Waals surface area contributed by atoms with Crippen molar-refractivity contribution in [1.82, 2.24) is 10.5 Å². The Bertz CT molecular complexity index is 469. The maximum absolute atomic E-state index is 12.2. The third-order valence-electron chi connectivity index (χ3n) is 4.21. The molecule has 3 rings (SSSR count). The van der Waals surface area contributed by atoms with E-state index in [0.717, 1.165) is 62.7 Å². The van der Waals surface area contributed by atoms with E-state index in [2.05, 4.69) is 10.5 Å². The van der Waals surface area contributed by atoms with Crippen LogP contribution >= 0.6 is 0 Å². The fourth-order valence-electron chi connectivity index (χ4n) is 3.08. The van der Waals surface area contributed by atoms with Gasteiger partial charge in [0.1, 0.15) is 5.76 Å². The highest BCUT2D eigenvalue weighted by atomic mass is 16.5. The van der Waals surface area contributed by atoms with Crippen LogP contribution in [0.2, 0.25) is 0 Å². The third-order valence-corrected chi connectivity index (χ3v) is 4.21. The molecule has 0 spiro atoms. The van der Waals surface area contributed by atoms with Crippen LogP contribution in [0.5, 0.6) is 0 Å². The molecule has 0 aliphatic heterocycles. The number of amides is 1. The van der Waals surface area contributed by atoms with Crippen LogP contribution in [0.1, 0.15) is 60.3 Å². The predicted molar refractivity (Wildman–Crippen MR) is 68.9 cm³/mol. The summed E-state index contributed by atoms with van der Waals surface area (Å²) in [6.07, 6.45) is 7.20. The molecule has 5 nitrogen and oxygen atoms in total. The molecule has 2 N–H and O–H groups in total. The molecule has 0 saturated heterocycles. The number of carbonyl (C=O) groups excluding carboxylic acids is 1. The van der Waals surface area contributed by atoms with Crippen molar-refractivity contribution >= 4 is 5.91 Å². The number of nitrogens with one attached hydrogen (secondary N) is 1. The Hall–Kier alpha value is -1.36. The van der Waals surface area contributed by atoms with E-state index < -0.39 is 6.10 Å². The molecule has 104 valence electrons. The van der Waals surface area contributed by atoms with Gasteiger partial charge in [-0.15, -0.1) is 0 Å². The number of rotatable bonds is 2. The molecule has 1 aromatic heterocycles. The Balaban J connectivity index is 1.71. The van der Waals surface area contributed by atoms with Gasteiger partial charge in [0.15, 0.2) is 5.69 Å². The standard InChI is InChI=1S/C14H20N2O3/c17-11-7-3-2-6-10(11)15-14(18)13-9-5-1-4-8-12(9)19-16-13/h10-11,17H,1-8H2,(H,15,18). The first kappa shape index (κ1) is 12.7. The molecule has 0 bridgehead atoms. The number of hydrogen-bond acceptors (Lipinski definition) is 4. The third kappa shape index (κ3) is 2.52. The van der Waals surface area contributed by atoms with Crippen LogP contribution in [0, 0.1) is 0 Å². The lowest BCUT2D eigenvalue weighted by atomic mass is 9.92. The monoisotopic (exact) mass is 264 g/mol. The van der Waals surface area contributed by atoms with Crippen LogP contribution in [0.4, 0.5) is 0 Å². The number of aromatic nitrogens is 1. The average molecular weight is 264 g/mol. The highest BCUT2D eigenvalue weighted by Crippen LogP contribution is 2.25. The van der Waals surface area contributed by atoms with Gasteiger partial charge in [0.25, 0.3) is 5.91 Å². The summed E-state index contributed by atoms with van der Waals surface area (Å²) in [7, 11) is 0. The van der Waals surface area contributed by atoms with E-state index in [9.17, 15) is 9.90 Å². The van der Waals surface area contributed by atoms with Gasteiger partial charge in [0.2, 0.25) is 0 Å². The molecule has 0 radical (unpaired) electrons. The summed E-state index contributed by atoms with van der Waals surface area (Å²) in [4.78, 5) is 12.2. The lowest BCUT2D eigenvalue weighted by Crippen LogP contribution is -2.45. The first-order valence-corrected chi connectivity index (χ1v) is 7.22. The topological polar surface area (TPSA) is 75.4 Å². The summed E-state index contributed by atoms with van der Waals surface area (Å²) < 4.78 is 5.25. The van der Waals surface area contributed by atoms with E-state index in [1.54, 1.807) is 0 Å². The molecule has 5 heteroatoms. The van der Waals surface area contributed by atoms with E-state index in [1.807, 2.05) is 0 Å². The molecule has 1 aromatic rings. The van der Waals surface area contributed by atoms with Crippen molar-refractivity contribution in [2.45, 2.75) is 63.5 Å². The lowest BCUT2D eigenvalue weighted by molar-refractivity contribution is 0.0710. The number of aryl methyl sites for hydroxylation is 1.